The summed E-state index contributed by atoms with van der Waals surface area (Å²) in [6.45, 7) is 7.41. The van der Waals surface area contributed by atoms with Crippen LogP contribution in [0.2, 0.25) is 0 Å². The number of carbonyl (C=O) groups excluding carboxylic acids is 1. The van der Waals surface area contributed by atoms with E-state index >= 15 is 0 Å². The van der Waals surface area contributed by atoms with Gasteiger partial charge in [-0.15, -0.1) is 0 Å². The molecule has 0 aliphatic carbocycles. The number of pyridine rings is 1. The third kappa shape index (κ3) is 7.37. The van der Waals surface area contributed by atoms with Gasteiger partial charge >= 0.3 is 6.09 Å². The lowest BCUT2D eigenvalue weighted by atomic mass is 10.0. The van der Waals surface area contributed by atoms with Crippen LogP contribution in [0.15, 0.2) is 71.7 Å². The largest absolute Gasteiger partial charge is 0.489 e. The van der Waals surface area contributed by atoms with Crippen LogP contribution in [-0.2, 0) is 17.8 Å². The molecule has 7 heteroatoms. The Labute approximate surface area is 230 Å². The number of fused-ring (bicyclic) bond motifs is 1. The Kier molecular flexibility index (Phi) is 8.15. The smallest absolute Gasteiger partial charge is 0.410 e. The van der Waals surface area contributed by atoms with Crippen LogP contribution in [0.1, 0.15) is 63.1 Å². The van der Waals surface area contributed by atoms with E-state index in [9.17, 15) is 4.79 Å². The van der Waals surface area contributed by atoms with E-state index in [1.165, 1.54) is 0 Å². The van der Waals surface area contributed by atoms with Gasteiger partial charge in [0, 0.05) is 32.0 Å². The molecule has 3 heterocycles. The molecule has 2 aliphatic rings. The van der Waals surface area contributed by atoms with Gasteiger partial charge in [0.15, 0.2) is 5.82 Å². The first-order valence-electron chi connectivity index (χ1n) is 13.8. The van der Waals surface area contributed by atoms with Crippen LogP contribution >= 0.6 is 0 Å². The summed E-state index contributed by atoms with van der Waals surface area (Å²) in [5, 5.41) is 0. The van der Waals surface area contributed by atoms with Crippen LogP contribution in [0.25, 0.3) is 0 Å². The van der Waals surface area contributed by atoms with Crippen LogP contribution < -0.4 is 9.47 Å². The number of hydrogen-bond acceptors (Lipinski definition) is 6. The van der Waals surface area contributed by atoms with E-state index < -0.39 is 5.60 Å². The molecule has 204 valence electrons. The number of nitrogens with zero attached hydrogens (tertiary/aromatic N) is 3. The third-order valence-electron chi connectivity index (χ3n) is 6.85. The molecule has 0 N–H and O–H groups in total. The lowest BCUT2D eigenvalue weighted by Crippen LogP contribution is -2.44. The molecule has 3 aromatic rings. The van der Waals surface area contributed by atoms with Gasteiger partial charge in [0.25, 0.3) is 0 Å². The maximum absolute atomic E-state index is 12.4. The summed E-state index contributed by atoms with van der Waals surface area (Å²) < 4.78 is 17.7. The standard InChI is InChI=1S/C32H37N3O4/c1-32(2,3)39-31(36)35-20-18-27(19-21-35)38-29-17-14-25-10-7-11-28(33-30(25)34-29)24-12-15-26(16-13-24)37-22-23-8-5-4-6-9-23/h4-6,8-9,12-17,27H,7,10-11,18-22H2,1-3H3. The van der Waals surface area contributed by atoms with Crippen molar-refractivity contribution in [3.63, 3.8) is 0 Å². The van der Waals surface area contributed by atoms with Crippen molar-refractivity contribution in [2.45, 2.75) is 71.2 Å². The van der Waals surface area contributed by atoms with Gasteiger partial charge in [0.2, 0.25) is 5.88 Å². The molecule has 1 fully saturated rings. The summed E-state index contributed by atoms with van der Waals surface area (Å²) in [5.74, 6) is 2.15. The first-order chi connectivity index (χ1) is 18.8. The van der Waals surface area contributed by atoms with E-state index in [0.717, 1.165) is 66.1 Å². The summed E-state index contributed by atoms with van der Waals surface area (Å²) in [6.07, 6.45) is 4.07. The molecule has 7 nitrogen and oxygen atoms in total. The molecule has 1 saturated heterocycles. The predicted octanol–water partition coefficient (Wildman–Crippen LogP) is 6.90. The van der Waals surface area contributed by atoms with Crippen LogP contribution in [-0.4, -0.2) is 46.5 Å². The molecule has 1 amide bonds. The van der Waals surface area contributed by atoms with Gasteiger partial charge in [0.1, 0.15) is 24.1 Å². The van der Waals surface area contributed by atoms with E-state index in [0.29, 0.717) is 25.6 Å². The minimum atomic E-state index is -0.492. The number of aromatic nitrogens is 1. The summed E-state index contributed by atoms with van der Waals surface area (Å²) in [5.41, 5.74) is 3.90. The molecular formula is C32H37N3O4. The van der Waals surface area contributed by atoms with Crippen molar-refractivity contribution in [3.05, 3.63) is 83.4 Å². The average molecular weight is 528 g/mol. The fourth-order valence-corrected chi connectivity index (χ4v) is 4.79. The second-order valence-corrected chi connectivity index (χ2v) is 11.1. The Balaban J connectivity index is 1.21. The van der Waals surface area contributed by atoms with Gasteiger partial charge in [-0.05, 0) is 87.1 Å². The first-order valence-corrected chi connectivity index (χ1v) is 13.8. The van der Waals surface area contributed by atoms with Crippen molar-refractivity contribution in [3.8, 4) is 11.6 Å². The van der Waals surface area contributed by atoms with Crippen molar-refractivity contribution in [1.29, 1.82) is 0 Å². The maximum atomic E-state index is 12.4. The lowest BCUT2D eigenvalue weighted by Gasteiger charge is -2.33. The number of ether oxygens (including phenoxy) is 3. The number of piperidine rings is 1. The average Bonchev–Trinajstić information content (AvgIpc) is 3.14. The SMILES string of the molecule is CC(C)(C)OC(=O)N1CCC(Oc2ccc3c(n2)N=C(c2ccc(OCc4ccccc4)cc2)CCC3)CC1. The van der Waals surface area contributed by atoms with E-state index in [2.05, 4.69) is 30.3 Å². The number of hydrogen-bond donors (Lipinski definition) is 0. The van der Waals surface area contributed by atoms with E-state index in [1.54, 1.807) is 4.90 Å². The summed E-state index contributed by atoms with van der Waals surface area (Å²) >= 11 is 0. The van der Waals surface area contributed by atoms with Crippen LogP contribution in [0, 0.1) is 0 Å². The number of likely N-dealkylation sites (tertiary alicyclic amines) is 1. The highest BCUT2D eigenvalue weighted by atomic mass is 16.6. The molecular weight excluding hydrogens is 490 g/mol. The zero-order valence-electron chi connectivity index (χ0n) is 23.1. The minimum absolute atomic E-state index is 0.00638. The predicted molar refractivity (Wildman–Crippen MR) is 152 cm³/mol. The topological polar surface area (TPSA) is 73.2 Å². The highest BCUT2D eigenvalue weighted by Gasteiger charge is 2.28. The molecule has 2 aromatic carbocycles. The fraction of sp³-hybridized carbons (Fsp3) is 0.406. The lowest BCUT2D eigenvalue weighted by molar-refractivity contribution is 0.0123. The molecule has 0 unspecified atom stereocenters. The number of aliphatic imine (C=N–C) groups is 1. The van der Waals surface area contributed by atoms with Crippen molar-refractivity contribution in [2.24, 2.45) is 4.99 Å². The second kappa shape index (κ2) is 11.9. The molecule has 2 aliphatic heterocycles. The second-order valence-electron chi connectivity index (χ2n) is 11.1. The Morgan fingerprint density at radius 3 is 2.41 bits per heavy atom. The quantitative estimate of drug-likeness (QED) is 0.349. The van der Waals surface area contributed by atoms with E-state index in [-0.39, 0.29) is 12.2 Å². The highest BCUT2D eigenvalue weighted by Crippen LogP contribution is 2.29. The van der Waals surface area contributed by atoms with Crippen LogP contribution in [0.5, 0.6) is 11.6 Å². The molecule has 0 spiro atoms. The molecule has 5 rings (SSSR count). The van der Waals surface area contributed by atoms with Gasteiger partial charge < -0.3 is 19.1 Å². The fourth-order valence-electron chi connectivity index (χ4n) is 4.79. The zero-order valence-corrected chi connectivity index (χ0v) is 23.1. The number of rotatable bonds is 6. The minimum Gasteiger partial charge on any atom is -0.489 e. The van der Waals surface area contributed by atoms with E-state index in [1.807, 2.05) is 57.2 Å². The van der Waals surface area contributed by atoms with Gasteiger partial charge in [0.05, 0.1) is 5.71 Å². The number of carbonyl (C=O) groups is 1. The number of amides is 1. The van der Waals surface area contributed by atoms with E-state index in [4.69, 9.17) is 24.2 Å². The Bertz CT molecular complexity index is 1290. The van der Waals surface area contributed by atoms with Crippen molar-refractivity contribution in [2.75, 3.05) is 13.1 Å². The molecule has 0 saturated carbocycles. The van der Waals surface area contributed by atoms with Crippen molar-refractivity contribution < 1.29 is 19.0 Å². The van der Waals surface area contributed by atoms with Crippen molar-refractivity contribution >= 4 is 17.6 Å². The van der Waals surface area contributed by atoms with Crippen molar-refractivity contribution in [1.82, 2.24) is 9.88 Å². The number of aryl methyl sites for hydroxylation is 1. The normalized spacial score (nSPS) is 16.1. The summed E-state index contributed by atoms with van der Waals surface area (Å²) in [7, 11) is 0. The number of benzene rings is 2. The molecule has 39 heavy (non-hydrogen) atoms. The Hall–Kier alpha value is -3.87. The molecule has 0 atom stereocenters. The maximum Gasteiger partial charge on any atom is 0.410 e. The highest BCUT2D eigenvalue weighted by molar-refractivity contribution is 6.02. The molecule has 1 aromatic heterocycles. The van der Waals surface area contributed by atoms with Gasteiger partial charge in [-0.2, -0.15) is 4.98 Å². The summed E-state index contributed by atoms with van der Waals surface area (Å²) in [6, 6.07) is 22.3. The third-order valence-corrected chi connectivity index (χ3v) is 6.85. The monoisotopic (exact) mass is 527 g/mol. The Morgan fingerprint density at radius 1 is 0.949 bits per heavy atom. The van der Waals surface area contributed by atoms with Crippen LogP contribution in [0.3, 0.4) is 0 Å². The molecule has 0 bridgehead atoms. The van der Waals surface area contributed by atoms with Gasteiger partial charge in [-0.1, -0.05) is 30.3 Å². The van der Waals surface area contributed by atoms with Crippen LogP contribution in [0.4, 0.5) is 10.6 Å². The van der Waals surface area contributed by atoms with Gasteiger partial charge in [-0.3, -0.25) is 0 Å². The Morgan fingerprint density at radius 2 is 1.69 bits per heavy atom. The van der Waals surface area contributed by atoms with Gasteiger partial charge in [-0.25, -0.2) is 9.79 Å². The first kappa shape index (κ1) is 26.7. The zero-order chi connectivity index (χ0) is 27.2. The summed E-state index contributed by atoms with van der Waals surface area (Å²) in [4.78, 5) is 23.9. The molecule has 0 radical (unpaired) electrons.